The Hall–Kier alpha value is -4.31. The number of carboxylic acid groups (broad SMARTS) is 1. The highest BCUT2D eigenvalue weighted by Crippen LogP contribution is 2.30. The van der Waals surface area contributed by atoms with Gasteiger partial charge in [0.1, 0.15) is 0 Å². The van der Waals surface area contributed by atoms with Gasteiger partial charge in [0.05, 0.1) is 40.6 Å². The van der Waals surface area contributed by atoms with Crippen molar-refractivity contribution in [3.8, 4) is 0 Å². The fourth-order valence-corrected chi connectivity index (χ4v) is 3.93. The van der Waals surface area contributed by atoms with Crippen molar-refractivity contribution >= 4 is 57.0 Å². The van der Waals surface area contributed by atoms with E-state index in [1.54, 1.807) is 13.0 Å². The van der Waals surface area contributed by atoms with Crippen LogP contribution in [0.2, 0.25) is 0 Å². The van der Waals surface area contributed by atoms with Crippen molar-refractivity contribution in [2.75, 3.05) is 16.8 Å². The maximum Gasteiger partial charge on any atom is 0.338 e. The molecule has 0 aromatic heterocycles. The molecule has 3 aromatic rings. The number of nitrogens with zero attached hydrogens (tertiary/aromatic N) is 1. The summed E-state index contributed by atoms with van der Waals surface area (Å²) in [5, 5.41) is 13.9. The number of hydrogen-bond donors (Lipinski definition) is 1. The maximum atomic E-state index is 13.0. The lowest BCUT2D eigenvalue weighted by Crippen LogP contribution is -2.29. The van der Waals surface area contributed by atoms with Crippen LogP contribution in [0.4, 0.5) is 11.4 Å². The molecule has 0 saturated heterocycles. The summed E-state index contributed by atoms with van der Waals surface area (Å²) in [6, 6.07) is 14.0. The predicted octanol–water partition coefficient (Wildman–Crippen LogP) is 3.04. The van der Waals surface area contributed by atoms with Crippen molar-refractivity contribution in [1.82, 2.24) is 0 Å². The number of anilines is 2. The Balaban J connectivity index is 1.59. The molecule has 4 rings (SSSR count). The van der Waals surface area contributed by atoms with Crippen LogP contribution in [-0.2, 0) is 4.74 Å². The molecular formula is C25H16BrN2O7-. The number of carboxylic acids is 1. The summed E-state index contributed by atoms with van der Waals surface area (Å²) < 4.78 is 5.42. The second-order valence-electron chi connectivity index (χ2n) is 7.40. The van der Waals surface area contributed by atoms with Gasteiger partial charge in [-0.05, 0) is 67.6 Å². The van der Waals surface area contributed by atoms with Gasteiger partial charge in [0.2, 0.25) is 0 Å². The number of carbonyl (C=O) groups is 5. The first-order chi connectivity index (χ1) is 16.7. The Labute approximate surface area is 207 Å². The molecule has 35 heavy (non-hydrogen) atoms. The van der Waals surface area contributed by atoms with Gasteiger partial charge in [-0.15, -0.1) is 0 Å². The SMILES string of the molecule is CCOC(=O)c1ccc(N2C(=O)c3ccc(C(=O)Nc4ccc(Br)cc4C(=O)[O-])cc3C2=O)cc1. The standard InChI is InChI=1S/C25H17BrN2O7/c1-2-35-25(34)13-3-7-16(8-4-13)28-22(30)17-9-5-14(11-18(17)23(28)31)21(29)27-20-10-6-15(26)12-19(20)24(32)33/h3-12H,2H2,1H3,(H,27,29)(H,32,33)/p-1. The van der Waals surface area contributed by atoms with E-state index in [1.807, 2.05) is 0 Å². The van der Waals surface area contributed by atoms with Crippen molar-refractivity contribution in [2.24, 2.45) is 0 Å². The molecule has 0 saturated carbocycles. The van der Waals surface area contributed by atoms with Crippen LogP contribution in [0, 0.1) is 0 Å². The van der Waals surface area contributed by atoms with Gasteiger partial charge < -0.3 is 20.0 Å². The average Bonchev–Trinajstić information content (AvgIpc) is 3.09. The summed E-state index contributed by atoms with van der Waals surface area (Å²) in [5.74, 6) is -3.88. The number of halogens is 1. The van der Waals surface area contributed by atoms with Crippen LogP contribution in [0.1, 0.15) is 58.7 Å². The van der Waals surface area contributed by atoms with Crippen LogP contribution in [0.3, 0.4) is 0 Å². The highest BCUT2D eigenvalue weighted by Gasteiger charge is 2.37. The van der Waals surface area contributed by atoms with Crippen LogP contribution in [0.25, 0.3) is 0 Å². The Kier molecular flexibility index (Phi) is 6.48. The third kappa shape index (κ3) is 4.56. The van der Waals surface area contributed by atoms with Crippen molar-refractivity contribution in [3.63, 3.8) is 0 Å². The number of ether oxygens (including phenoxy) is 1. The molecule has 0 unspecified atom stereocenters. The van der Waals surface area contributed by atoms with E-state index in [1.165, 1.54) is 54.6 Å². The third-order valence-electron chi connectivity index (χ3n) is 5.24. The Morgan fingerprint density at radius 2 is 1.57 bits per heavy atom. The first-order valence-corrected chi connectivity index (χ1v) is 11.1. The lowest BCUT2D eigenvalue weighted by atomic mass is 10.0. The lowest BCUT2D eigenvalue weighted by Gasteiger charge is -2.14. The number of amides is 3. The zero-order chi connectivity index (χ0) is 25.3. The Morgan fingerprint density at radius 1 is 0.914 bits per heavy atom. The fraction of sp³-hybridized carbons (Fsp3) is 0.0800. The van der Waals surface area contributed by atoms with E-state index in [0.717, 1.165) is 4.90 Å². The number of hydrogen-bond acceptors (Lipinski definition) is 7. The summed E-state index contributed by atoms with van der Waals surface area (Å²) >= 11 is 3.16. The first kappa shape index (κ1) is 23.8. The van der Waals surface area contributed by atoms with E-state index in [-0.39, 0.29) is 45.8 Å². The molecule has 176 valence electrons. The van der Waals surface area contributed by atoms with Crippen LogP contribution in [-0.4, -0.2) is 36.3 Å². The number of nitrogens with one attached hydrogen (secondary N) is 1. The second kappa shape index (κ2) is 9.51. The van der Waals surface area contributed by atoms with Gasteiger partial charge >= 0.3 is 5.97 Å². The molecule has 1 aliphatic rings. The van der Waals surface area contributed by atoms with Crippen LogP contribution < -0.4 is 15.3 Å². The molecular weight excluding hydrogens is 520 g/mol. The molecule has 1 heterocycles. The van der Waals surface area contributed by atoms with Crippen molar-refractivity contribution in [3.05, 3.63) is 93.0 Å². The fourth-order valence-electron chi connectivity index (χ4n) is 3.57. The molecule has 3 aromatic carbocycles. The Morgan fingerprint density at radius 3 is 2.23 bits per heavy atom. The smallest absolute Gasteiger partial charge is 0.338 e. The number of esters is 1. The van der Waals surface area contributed by atoms with E-state index in [4.69, 9.17) is 4.74 Å². The molecule has 10 heteroatoms. The van der Waals surface area contributed by atoms with Crippen molar-refractivity contribution in [2.45, 2.75) is 6.92 Å². The monoisotopic (exact) mass is 535 g/mol. The number of carbonyl (C=O) groups excluding carboxylic acids is 5. The van der Waals surface area contributed by atoms with E-state index < -0.39 is 29.7 Å². The highest BCUT2D eigenvalue weighted by atomic mass is 79.9. The topological polar surface area (TPSA) is 133 Å². The molecule has 0 spiro atoms. The number of rotatable bonds is 6. The van der Waals surface area contributed by atoms with Crippen LogP contribution in [0.15, 0.2) is 65.1 Å². The minimum absolute atomic E-state index is 0.0180. The molecule has 0 aliphatic carbocycles. The molecule has 1 aliphatic heterocycles. The summed E-state index contributed by atoms with van der Waals surface area (Å²) in [6.45, 7) is 1.89. The number of benzene rings is 3. The van der Waals surface area contributed by atoms with Gasteiger partial charge in [-0.25, -0.2) is 9.69 Å². The van der Waals surface area contributed by atoms with Gasteiger partial charge in [0.25, 0.3) is 17.7 Å². The normalized spacial score (nSPS) is 12.3. The average molecular weight is 536 g/mol. The molecule has 0 fully saturated rings. The molecule has 0 bridgehead atoms. The summed E-state index contributed by atoms with van der Waals surface area (Å²) in [4.78, 5) is 62.9. The minimum atomic E-state index is -1.47. The maximum absolute atomic E-state index is 13.0. The molecule has 3 amide bonds. The lowest BCUT2D eigenvalue weighted by molar-refractivity contribution is -0.254. The van der Waals surface area contributed by atoms with Gasteiger partial charge in [-0.1, -0.05) is 15.9 Å². The third-order valence-corrected chi connectivity index (χ3v) is 5.73. The van der Waals surface area contributed by atoms with Crippen molar-refractivity contribution < 1.29 is 33.8 Å². The minimum Gasteiger partial charge on any atom is -0.545 e. The zero-order valence-electron chi connectivity index (χ0n) is 18.2. The van der Waals surface area contributed by atoms with E-state index in [0.29, 0.717) is 4.47 Å². The van der Waals surface area contributed by atoms with Crippen molar-refractivity contribution in [1.29, 1.82) is 0 Å². The van der Waals surface area contributed by atoms with Gasteiger partial charge in [-0.3, -0.25) is 14.4 Å². The van der Waals surface area contributed by atoms with Gasteiger partial charge in [0.15, 0.2) is 0 Å². The zero-order valence-corrected chi connectivity index (χ0v) is 19.7. The molecule has 1 N–H and O–H groups in total. The van der Waals surface area contributed by atoms with E-state index in [2.05, 4.69) is 21.2 Å². The Bertz CT molecular complexity index is 1400. The van der Waals surface area contributed by atoms with Crippen LogP contribution >= 0.6 is 15.9 Å². The molecule has 0 atom stereocenters. The molecule has 0 radical (unpaired) electrons. The number of fused-ring (bicyclic) bond motifs is 1. The van der Waals surface area contributed by atoms with Crippen LogP contribution in [0.5, 0.6) is 0 Å². The van der Waals surface area contributed by atoms with E-state index in [9.17, 15) is 29.1 Å². The molecule has 9 nitrogen and oxygen atoms in total. The summed E-state index contributed by atoms with van der Waals surface area (Å²) in [5.41, 5.74) is 0.505. The van der Waals surface area contributed by atoms with Gasteiger partial charge in [0, 0.05) is 15.6 Å². The summed E-state index contributed by atoms with van der Waals surface area (Å²) in [6.07, 6.45) is 0. The largest absolute Gasteiger partial charge is 0.545 e. The van der Waals surface area contributed by atoms with E-state index >= 15 is 0 Å². The predicted molar refractivity (Wildman–Crippen MR) is 126 cm³/mol. The number of aromatic carboxylic acids is 1. The van der Waals surface area contributed by atoms with Gasteiger partial charge in [-0.2, -0.15) is 0 Å². The second-order valence-corrected chi connectivity index (χ2v) is 8.32. The highest BCUT2D eigenvalue weighted by molar-refractivity contribution is 9.10. The summed E-state index contributed by atoms with van der Waals surface area (Å²) in [7, 11) is 0. The number of imide groups is 1. The first-order valence-electron chi connectivity index (χ1n) is 10.3. The quantitative estimate of drug-likeness (QED) is 0.378.